The van der Waals surface area contributed by atoms with Gasteiger partial charge in [-0.1, -0.05) is 6.07 Å². The smallest absolute Gasteiger partial charge is 0.339 e. The molecule has 0 radical (unpaired) electrons. The van der Waals surface area contributed by atoms with E-state index >= 15 is 0 Å². The number of carboxylic acid groups (broad SMARTS) is 1. The number of para-hydroxylation sites is 1. The van der Waals surface area contributed by atoms with Crippen molar-refractivity contribution in [3.63, 3.8) is 0 Å². The highest BCUT2D eigenvalue weighted by Crippen LogP contribution is 2.20. The summed E-state index contributed by atoms with van der Waals surface area (Å²) in [5.74, 6) is -2.56. The molecule has 0 bridgehead atoms. The maximum absolute atomic E-state index is 13.3. The van der Waals surface area contributed by atoms with E-state index in [4.69, 9.17) is 9.52 Å². The molecule has 0 amide bonds. The van der Waals surface area contributed by atoms with Crippen molar-refractivity contribution in [1.29, 1.82) is 0 Å². The Hall–Kier alpha value is -2.37. The van der Waals surface area contributed by atoms with Crippen LogP contribution in [0.5, 0.6) is 0 Å². The van der Waals surface area contributed by atoms with E-state index in [9.17, 15) is 13.6 Å². The molecule has 2 rings (SSSR count). The molecule has 6 heteroatoms. The van der Waals surface area contributed by atoms with Crippen molar-refractivity contribution in [3.05, 3.63) is 53.5 Å². The van der Waals surface area contributed by atoms with E-state index in [1.54, 1.807) is 0 Å². The van der Waals surface area contributed by atoms with Gasteiger partial charge < -0.3 is 14.8 Å². The Balaban J connectivity index is 2.17. The summed E-state index contributed by atoms with van der Waals surface area (Å²) in [5.41, 5.74) is -0.357. The molecule has 0 atom stereocenters. The molecule has 1 aromatic carbocycles. The number of carboxylic acids is 1. The first-order valence-electron chi connectivity index (χ1n) is 5.07. The monoisotopic (exact) mass is 253 g/mol. The summed E-state index contributed by atoms with van der Waals surface area (Å²) in [5, 5.41) is 11.3. The van der Waals surface area contributed by atoms with Gasteiger partial charge in [-0.15, -0.1) is 0 Å². The fraction of sp³-hybridized carbons (Fsp3) is 0.0833. The Morgan fingerprint density at radius 1 is 1.28 bits per heavy atom. The largest absolute Gasteiger partial charge is 0.478 e. The summed E-state index contributed by atoms with van der Waals surface area (Å²) in [4.78, 5) is 10.8. The van der Waals surface area contributed by atoms with Crippen LogP contribution < -0.4 is 5.32 Å². The van der Waals surface area contributed by atoms with Crippen LogP contribution in [0.1, 0.15) is 16.1 Å². The van der Waals surface area contributed by atoms with Crippen LogP contribution in [0.25, 0.3) is 0 Å². The van der Waals surface area contributed by atoms with Gasteiger partial charge in [0.05, 0.1) is 12.8 Å². The zero-order valence-electron chi connectivity index (χ0n) is 9.11. The quantitative estimate of drug-likeness (QED) is 0.879. The molecule has 94 valence electrons. The Morgan fingerprint density at radius 3 is 2.56 bits per heavy atom. The lowest BCUT2D eigenvalue weighted by Gasteiger charge is -2.07. The van der Waals surface area contributed by atoms with Crippen molar-refractivity contribution in [2.45, 2.75) is 6.54 Å². The zero-order chi connectivity index (χ0) is 13.1. The van der Waals surface area contributed by atoms with Gasteiger partial charge in [0.25, 0.3) is 0 Å². The fourth-order valence-electron chi connectivity index (χ4n) is 1.50. The molecule has 2 aromatic rings. The standard InChI is InChI=1S/C12H9F2NO3/c13-8-2-1-3-9(14)11(8)15-6-10-7(12(16)17)4-5-18-10/h1-5,15H,6H2,(H,16,17). The van der Waals surface area contributed by atoms with Crippen LogP contribution in [0, 0.1) is 11.6 Å². The van der Waals surface area contributed by atoms with Crippen LogP contribution in [-0.4, -0.2) is 11.1 Å². The summed E-state index contributed by atoms with van der Waals surface area (Å²) in [6.45, 7) is -0.119. The van der Waals surface area contributed by atoms with Gasteiger partial charge in [0.1, 0.15) is 28.6 Å². The van der Waals surface area contributed by atoms with Crippen molar-refractivity contribution >= 4 is 11.7 Å². The van der Waals surface area contributed by atoms with E-state index in [0.717, 1.165) is 12.1 Å². The molecule has 0 saturated carbocycles. The predicted octanol–water partition coefficient (Wildman–Crippen LogP) is 2.87. The van der Waals surface area contributed by atoms with Gasteiger partial charge in [0.15, 0.2) is 0 Å². The number of hydrogen-bond donors (Lipinski definition) is 2. The maximum Gasteiger partial charge on any atom is 0.339 e. The molecule has 1 heterocycles. The van der Waals surface area contributed by atoms with E-state index in [-0.39, 0.29) is 23.6 Å². The van der Waals surface area contributed by atoms with Crippen molar-refractivity contribution in [2.75, 3.05) is 5.32 Å². The molecular formula is C12H9F2NO3. The molecule has 0 spiro atoms. The first kappa shape index (κ1) is 12.1. The third-order valence-electron chi connectivity index (χ3n) is 2.36. The lowest BCUT2D eigenvalue weighted by atomic mass is 10.2. The van der Waals surface area contributed by atoms with Gasteiger partial charge in [-0.05, 0) is 18.2 Å². The molecule has 18 heavy (non-hydrogen) atoms. The normalized spacial score (nSPS) is 10.3. The average Bonchev–Trinajstić information content (AvgIpc) is 2.76. The lowest BCUT2D eigenvalue weighted by molar-refractivity contribution is 0.0694. The van der Waals surface area contributed by atoms with E-state index in [2.05, 4.69) is 5.32 Å². The molecule has 0 aliphatic heterocycles. The average molecular weight is 253 g/mol. The van der Waals surface area contributed by atoms with Crippen LogP contribution in [0.15, 0.2) is 34.9 Å². The molecular weight excluding hydrogens is 244 g/mol. The molecule has 1 aromatic heterocycles. The summed E-state index contributed by atoms with van der Waals surface area (Å²) < 4.78 is 31.5. The minimum atomic E-state index is -1.16. The van der Waals surface area contributed by atoms with Crippen LogP contribution in [-0.2, 0) is 6.54 Å². The van der Waals surface area contributed by atoms with Gasteiger partial charge in [-0.2, -0.15) is 0 Å². The molecule has 0 fully saturated rings. The van der Waals surface area contributed by atoms with Crippen LogP contribution in [0.2, 0.25) is 0 Å². The second kappa shape index (κ2) is 4.87. The molecule has 4 nitrogen and oxygen atoms in total. The number of carbonyl (C=O) groups is 1. The minimum absolute atomic E-state index is 0.0424. The van der Waals surface area contributed by atoms with Crippen LogP contribution in [0.4, 0.5) is 14.5 Å². The Morgan fingerprint density at radius 2 is 1.94 bits per heavy atom. The molecule has 2 N–H and O–H groups in total. The van der Waals surface area contributed by atoms with E-state index in [0.29, 0.717) is 0 Å². The van der Waals surface area contributed by atoms with Crippen LogP contribution >= 0.6 is 0 Å². The van der Waals surface area contributed by atoms with E-state index < -0.39 is 17.6 Å². The summed E-state index contributed by atoms with van der Waals surface area (Å²) in [6.07, 6.45) is 1.21. The molecule has 0 aliphatic rings. The first-order chi connectivity index (χ1) is 8.59. The number of furan rings is 1. The Labute approximate surface area is 101 Å². The number of hydrogen-bond acceptors (Lipinski definition) is 3. The van der Waals surface area contributed by atoms with Crippen molar-refractivity contribution in [2.24, 2.45) is 0 Å². The van der Waals surface area contributed by atoms with Crippen molar-refractivity contribution in [1.82, 2.24) is 0 Å². The number of anilines is 1. The van der Waals surface area contributed by atoms with Crippen LogP contribution in [0.3, 0.4) is 0 Å². The van der Waals surface area contributed by atoms with E-state index in [1.807, 2.05) is 0 Å². The van der Waals surface area contributed by atoms with Gasteiger partial charge in [-0.25, -0.2) is 13.6 Å². The number of aromatic carboxylic acids is 1. The third kappa shape index (κ3) is 2.32. The highest BCUT2D eigenvalue weighted by atomic mass is 19.1. The van der Waals surface area contributed by atoms with Gasteiger partial charge in [0.2, 0.25) is 0 Å². The molecule has 0 saturated heterocycles. The lowest BCUT2D eigenvalue weighted by Crippen LogP contribution is -2.07. The Kier molecular flexibility index (Phi) is 3.27. The summed E-state index contributed by atoms with van der Waals surface area (Å²) in [6, 6.07) is 4.72. The third-order valence-corrected chi connectivity index (χ3v) is 2.36. The first-order valence-corrected chi connectivity index (χ1v) is 5.07. The number of halogens is 2. The molecule has 0 unspecified atom stereocenters. The minimum Gasteiger partial charge on any atom is -0.478 e. The number of rotatable bonds is 4. The topological polar surface area (TPSA) is 62.5 Å². The van der Waals surface area contributed by atoms with Crippen molar-refractivity contribution < 1.29 is 23.1 Å². The van der Waals surface area contributed by atoms with E-state index in [1.165, 1.54) is 18.4 Å². The second-order valence-electron chi connectivity index (χ2n) is 3.51. The van der Waals surface area contributed by atoms with Gasteiger partial charge in [-0.3, -0.25) is 0 Å². The zero-order valence-corrected chi connectivity index (χ0v) is 9.11. The highest BCUT2D eigenvalue weighted by Gasteiger charge is 2.14. The van der Waals surface area contributed by atoms with Gasteiger partial charge >= 0.3 is 5.97 Å². The SMILES string of the molecule is O=C(O)c1ccoc1CNc1c(F)cccc1F. The predicted molar refractivity (Wildman–Crippen MR) is 59.4 cm³/mol. The Bertz CT molecular complexity index is 560. The highest BCUT2D eigenvalue weighted by molar-refractivity contribution is 5.88. The van der Waals surface area contributed by atoms with Gasteiger partial charge in [0, 0.05) is 0 Å². The van der Waals surface area contributed by atoms with Crippen molar-refractivity contribution in [3.8, 4) is 0 Å². The maximum atomic E-state index is 13.3. The molecule has 0 aliphatic carbocycles. The number of nitrogens with one attached hydrogen (secondary N) is 1. The fourth-order valence-corrected chi connectivity index (χ4v) is 1.50. The summed E-state index contributed by atoms with van der Waals surface area (Å²) >= 11 is 0. The summed E-state index contributed by atoms with van der Waals surface area (Å²) in [7, 11) is 0. The number of benzene rings is 1. The second-order valence-corrected chi connectivity index (χ2v) is 3.51.